The molecule has 2 N–H and O–H groups in total. The molecule has 15 atom stereocenters. The topological polar surface area (TPSA) is 177 Å². The Morgan fingerprint density at radius 2 is 1.60 bits per heavy atom. The van der Waals surface area contributed by atoms with Gasteiger partial charge in [-0.3, -0.25) is 14.4 Å². The van der Waals surface area contributed by atoms with E-state index in [1.165, 1.54) is 14.2 Å². The predicted octanol–water partition coefficient (Wildman–Crippen LogP) is 6.66. The van der Waals surface area contributed by atoms with Gasteiger partial charge in [0.05, 0.1) is 50.3 Å². The summed E-state index contributed by atoms with van der Waals surface area (Å²) in [5.41, 5.74) is 2.07. The van der Waals surface area contributed by atoms with Crippen molar-refractivity contribution < 1.29 is 66.9 Å². The summed E-state index contributed by atoms with van der Waals surface area (Å²) in [4.78, 5) is 58.3. The van der Waals surface area contributed by atoms with E-state index in [9.17, 15) is 29.4 Å². The fourth-order valence-corrected chi connectivity index (χ4v) is 10.5. The van der Waals surface area contributed by atoms with Gasteiger partial charge >= 0.3 is 5.97 Å². The van der Waals surface area contributed by atoms with Crippen LogP contribution in [0.1, 0.15) is 111 Å². The fourth-order valence-electron chi connectivity index (χ4n) is 10.5. The summed E-state index contributed by atoms with van der Waals surface area (Å²) in [7, 11) is 4.54. The van der Waals surface area contributed by atoms with Crippen molar-refractivity contribution in [3.63, 3.8) is 0 Å². The number of ether oxygens (including phenoxy) is 7. The lowest BCUT2D eigenvalue weighted by Gasteiger charge is -2.47. The minimum absolute atomic E-state index is 0.00888. The molecular weight excluding hydrogens is 866 g/mol. The molecule has 67 heavy (non-hydrogen) atoms. The highest BCUT2D eigenvalue weighted by molar-refractivity contribution is 6.39. The highest BCUT2D eigenvalue weighted by Gasteiger charge is 2.57. The molecule has 15 heteroatoms. The van der Waals surface area contributed by atoms with Gasteiger partial charge in [-0.2, -0.15) is 0 Å². The molecule has 2 saturated heterocycles. The van der Waals surface area contributed by atoms with Crippen molar-refractivity contribution in [2.75, 3.05) is 41.1 Å². The van der Waals surface area contributed by atoms with E-state index in [-0.39, 0.29) is 56.1 Å². The number of ketones is 2. The number of benzene rings is 1. The zero-order chi connectivity index (χ0) is 49.0. The Bertz CT molecular complexity index is 1840. The molecule has 4 aliphatic rings. The number of hydrogen-bond acceptors (Lipinski definition) is 13. The number of carbonyl (C=O) groups excluding carboxylic acids is 4. The molecule has 1 saturated carbocycles. The lowest BCUT2D eigenvalue weighted by Crippen LogP contribution is -2.64. The first-order valence-electron chi connectivity index (χ1n) is 24.5. The summed E-state index contributed by atoms with van der Waals surface area (Å²) in [6.45, 7) is 11.7. The molecule has 0 aromatic heterocycles. The molecule has 1 amide bonds. The molecule has 1 aromatic carbocycles. The van der Waals surface area contributed by atoms with E-state index in [0.717, 1.165) is 16.9 Å². The van der Waals surface area contributed by atoms with Crippen LogP contribution < -0.4 is 0 Å². The average Bonchev–Trinajstić information content (AvgIpc) is 3.33. The summed E-state index contributed by atoms with van der Waals surface area (Å²) >= 11 is 0. The summed E-state index contributed by atoms with van der Waals surface area (Å²) in [6, 6.07) is 8.75. The van der Waals surface area contributed by atoms with Crippen LogP contribution in [-0.4, -0.2) is 140 Å². The Morgan fingerprint density at radius 3 is 2.27 bits per heavy atom. The summed E-state index contributed by atoms with van der Waals surface area (Å²) < 4.78 is 58.4. The quantitative estimate of drug-likeness (QED) is 0.0986. The standard InChI is InChI=1S/C52H78FNO13/c1-10-38-25-31(2)46(53)32(3)26-44(62-8)48-45(63-9)27-34(5)52(60,67-48)49(57)50(58)54-21-15-14-18-39(54)51(59)66-47(35(6)40(55)29-41(38)56)33(4)24-37-19-20-42(43(28-37)61-7)65-23-22-64-30-36-16-12-11-13-17-36/h11-13,16-17,24-25,32,34-35,37-40,42-48,55,60H,10,14-15,18-23,26-30H2,1-9H3. The van der Waals surface area contributed by atoms with Gasteiger partial charge in [-0.15, -0.1) is 0 Å². The summed E-state index contributed by atoms with van der Waals surface area (Å²) in [6.07, 6.45) is 0.473. The largest absolute Gasteiger partial charge is 0.456 e. The molecule has 1 aliphatic carbocycles. The zero-order valence-corrected chi connectivity index (χ0v) is 41.2. The van der Waals surface area contributed by atoms with Crippen molar-refractivity contribution in [3.05, 3.63) is 59.2 Å². The molecule has 0 spiro atoms. The number of aliphatic hydroxyl groups is 2. The first-order valence-corrected chi connectivity index (χ1v) is 24.5. The number of piperidine rings is 1. The van der Waals surface area contributed by atoms with Crippen molar-refractivity contribution in [2.24, 2.45) is 29.6 Å². The van der Waals surface area contributed by atoms with Crippen LogP contribution in [0, 0.1) is 29.6 Å². The monoisotopic (exact) mass is 944 g/mol. The van der Waals surface area contributed by atoms with Gasteiger partial charge < -0.3 is 48.3 Å². The second-order valence-electron chi connectivity index (χ2n) is 19.5. The van der Waals surface area contributed by atoms with Crippen LogP contribution in [0.25, 0.3) is 0 Å². The number of esters is 1. The number of hydrogen-bond donors (Lipinski definition) is 2. The van der Waals surface area contributed by atoms with E-state index in [0.29, 0.717) is 63.1 Å². The molecule has 1 aromatic rings. The van der Waals surface area contributed by atoms with Gasteiger partial charge in [-0.05, 0) is 100 Å². The number of methoxy groups -OCH3 is 3. The Hall–Kier alpha value is -3.41. The first-order chi connectivity index (χ1) is 32.0. The Balaban J connectivity index is 1.43. The number of Topliss-reactive ketones (excluding diaryl/α,β-unsaturated/α-hetero) is 2. The maximum Gasteiger partial charge on any atom is 0.329 e. The van der Waals surface area contributed by atoms with Crippen LogP contribution in [0.3, 0.4) is 0 Å². The van der Waals surface area contributed by atoms with Crippen molar-refractivity contribution in [2.45, 2.75) is 173 Å². The number of allylic oxidation sites excluding steroid dienone is 3. The Kier molecular flexibility index (Phi) is 20.7. The SMILES string of the molecule is CCC1C=C(C)C(F)C(C)CC(OC)C2OC(O)(C(=O)C(=O)N3CCCCC3C(=O)OC(C(C)=CC3CCC(OCCOCc4ccccc4)C(OC)C3)C(C)C(O)CC1=O)C(C)CC2OC. The third-order valence-corrected chi connectivity index (χ3v) is 14.8. The molecule has 3 fully saturated rings. The van der Waals surface area contributed by atoms with Crippen LogP contribution in [0.15, 0.2) is 53.6 Å². The number of halogens is 1. The Labute approximate surface area is 397 Å². The normalized spacial score (nSPS) is 37.0. The van der Waals surface area contributed by atoms with E-state index in [2.05, 4.69) is 0 Å². The molecule has 15 unspecified atom stereocenters. The summed E-state index contributed by atoms with van der Waals surface area (Å²) in [5, 5.41) is 23.9. The van der Waals surface area contributed by atoms with Gasteiger partial charge in [0.1, 0.15) is 30.2 Å². The van der Waals surface area contributed by atoms with Crippen LogP contribution in [0.2, 0.25) is 0 Å². The van der Waals surface area contributed by atoms with Crippen molar-refractivity contribution >= 4 is 23.4 Å². The van der Waals surface area contributed by atoms with Gasteiger partial charge in [0.2, 0.25) is 5.79 Å². The second kappa shape index (κ2) is 25.4. The molecule has 3 aliphatic heterocycles. The van der Waals surface area contributed by atoms with Gasteiger partial charge in [-0.25, -0.2) is 9.18 Å². The van der Waals surface area contributed by atoms with Gasteiger partial charge in [-0.1, -0.05) is 70.2 Å². The number of carbonyl (C=O) groups is 4. The lowest BCUT2D eigenvalue weighted by molar-refractivity contribution is -0.302. The van der Waals surface area contributed by atoms with Gasteiger partial charge in [0, 0.05) is 52.0 Å². The van der Waals surface area contributed by atoms with E-state index >= 15 is 4.39 Å². The highest BCUT2D eigenvalue weighted by Crippen LogP contribution is 2.40. The number of fused-ring (bicyclic) bond motifs is 3. The first kappa shape index (κ1) is 54.5. The minimum atomic E-state index is -2.61. The Morgan fingerprint density at radius 1 is 0.910 bits per heavy atom. The zero-order valence-electron chi connectivity index (χ0n) is 41.2. The number of rotatable bonds is 12. The molecule has 14 nitrogen and oxygen atoms in total. The number of nitrogens with zero attached hydrogens (tertiary/aromatic N) is 1. The van der Waals surface area contributed by atoms with Crippen molar-refractivity contribution in [1.29, 1.82) is 0 Å². The van der Waals surface area contributed by atoms with E-state index in [4.69, 9.17) is 33.2 Å². The molecule has 0 radical (unpaired) electrons. The van der Waals surface area contributed by atoms with E-state index in [1.807, 2.05) is 50.3 Å². The third kappa shape index (κ3) is 13.7. The van der Waals surface area contributed by atoms with Gasteiger partial charge in [0.15, 0.2) is 0 Å². The second-order valence-corrected chi connectivity index (χ2v) is 19.5. The molecular formula is C52H78FNO13. The van der Waals surface area contributed by atoms with Crippen LogP contribution >= 0.6 is 0 Å². The maximum atomic E-state index is 16.3. The molecule has 376 valence electrons. The predicted molar refractivity (Wildman–Crippen MR) is 248 cm³/mol. The number of amides is 1. The van der Waals surface area contributed by atoms with Gasteiger partial charge in [0.25, 0.3) is 11.7 Å². The van der Waals surface area contributed by atoms with E-state index < -0.39 is 89.9 Å². The molecule has 5 rings (SSSR count). The maximum absolute atomic E-state index is 16.3. The van der Waals surface area contributed by atoms with Crippen LogP contribution in [-0.2, 0) is 58.9 Å². The van der Waals surface area contributed by atoms with Crippen LogP contribution in [0.4, 0.5) is 4.39 Å². The number of alkyl halides is 1. The smallest absolute Gasteiger partial charge is 0.329 e. The van der Waals surface area contributed by atoms with Crippen molar-refractivity contribution in [3.8, 4) is 0 Å². The highest BCUT2D eigenvalue weighted by atomic mass is 19.1. The number of aliphatic hydroxyl groups excluding tert-OH is 1. The fraction of sp³-hybridized carbons (Fsp3) is 0.731. The van der Waals surface area contributed by atoms with E-state index in [1.54, 1.807) is 40.9 Å². The molecule has 3 heterocycles. The van der Waals surface area contributed by atoms with Crippen molar-refractivity contribution in [1.82, 2.24) is 4.90 Å². The lowest BCUT2D eigenvalue weighted by atomic mass is 9.81. The van der Waals surface area contributed by atoms with Crippen LogP contribution in [0.5, 0.6) is 0 Å². The number of cyclic esters (lactones) is 1. The molecule has 2 bridgehead atoms. The third-order valence-electron chi connectivity index (χ3n) is 14.8. The minimum Gasteiger partial charge on any atom is -0.456 e. The summed E-state index contributed by atoms with van der Waals surface area (Å²) in [5.74, 6) is -9.07. The average molecular weight is 944 g/mol.